The van der Waals surface area contributed by atoms with Crippen LogP contribution in [0, 0.1) is 0 Å². The molecule has 1 heterocycles. The first-order valence-corrected chi connectivity index (χ1v) is 9.41. The molecule has 0 bridgehead atoms. The Hall–Kier alpha value is -2.41. The Bertz CT molecular complexity index is 748. The molecule has 1 aromatic carbocycles. The summed E-state index contributed by atoms with van der Waals surface area (Å²) in [4.78, 5) is 24.7. The van der Waals surface area contributed by atoms with Crippen molar-refractivity contribution < 1.29 is 23.8 Å². The molecule has 0 radical (unpaired) electrons. The minimum Gasteiger partial charge on any atom is -0.490 e. The number of carbonyl (C=O) groups excluding carboxylic acids is 2. The summed E-state index contributed by atoms with van der Waals surface area (Å²) in [7, 11) is 0. The van der Waals surface area contributed by atoms with Crippen LogP contribution in [-0.2, 0) is 9.53 Å². The Labute approximate surface area is 164 Å². The third-order valence-corrected chi connectivity index (χ3v) is 4.24. The predicted molar refractivity (Wildman–Crippen MR) is 102 cm³/mol. The van der Waals surface area contributed by atoms with Crippen LogP contribution in [0.1, 0.15) is 45.7 Å². The normalized spacial score (nSPS) is 16.5. The van der Waals surface area contributed by atoms with Crippen molar-refractivity contribution in [2.45, 2.75) is 40.2 Å². The zero-order chi connectivity index (χ0) is 20.0. The average Bonchev–Trinajstić information content (AvgIpc) is 2.63. The number of carbonyl (C=O) groups is 2. The number of urea groups is 1. The van der Waals surface area contributed by atoms with Crippen LogP contribution in [0.5, 0.6) is 11.5 Å². The number of nitrogens with one attached hydrogen (secondary N) is 2. The molecule has 0 aliphatic carbocycles. The SMILES string of the molecule is CCOC(=O)C1=C(CC)NC(=O)NC1c1cc(Cl)c(OCC)c(OCC)c1. The number of ether oxygens (including phenoxy) is 3. The van der Waals surface area contributed by atoms with Gasteiger partial charge in [-0.15, -0.1) is 0 Å². The van der Waals surface area contributed by atoms with Crippen LogP contribution >= 0.6 is 11.6 Å². The minimum atomic E-state index is -0.708. The molecule has 0 saturated heterocycles. The lowest BCUT2D eigenvalue weighted by molar-refractivity contribution is -0.139. The van der Waals surface area contributed by atoms with E-state index < -0.39 is 18.0 Å². The van der Waals surface area contributed by atoms with Crippen LogP contribution in [0.3, 0.4) is 0 Å². The van der Waals surface area contributed by atoms with E-state index in [0.717, 1.165) is 0 Å². The second-order valence-corrected chi connectivity index (χ2v) is 6.10. The Balaban J connectivity index is 2.58. The van der Waals surface area contributed by atoms with Crippen LogP contribution in [-0.4, -0.2) is 31.8 Å². The maximum atomic E-state index is 12.6. The molecule has 1 aliphatic heterocycles. The summed E-state index contributed by atoms with van der Waals surface area (Å²) >= 11 is 6.40. The molecule has 1 unspecified atom stereocenters. The average molecular weight is 397 g/mol. The second-order valence-electron chi connectivity index (χ2n) is 5.69. The Morgan fingerprint density at radius 3 is 2.41 bits per heavy atom. The second kappa shape index (κ2) is 9.50. The number of allylic oxidation sites excluding steroid dienone is 1. The number of hydrogen-bond acceptors (Lipinski definition) is 5. The fraction of sp³-hybridized carbons (Fsp3) is 0.474. The van der Waals surface area contributed by atoms with Crippen LogP contribution in [0.2, 0.25) is 5.02 Å². The van der Waals surface area contributed by atoms with Gasteiger partial charge in [-0.25, -0.2) is 9.59 Å². The van der Waals surface area contributed by atoms with E-state index in [0.29, 0.717) is 53.0 Å². The van der Waals surface area contributed by atoms with Crippen molar-refractivity contribution >= 4 is 23.6 Å². The molecule has 0 saturated carbocycles. The van der Waals surface area contributed by atoms with E-state index in [-0.39, 0.29) is 6.61 Å². The molecule has 0 fully saturated rings. The van der Waals surface area contributed by atoms with Crippen molar-refractivity contribution in [2.24, 2.45) is 0 Å². The fourth-order valence-electron chi connectivity index (χ4n) is 2.90. The number of benzene rings is 1. The third-order valence-electron chi connectivity index (χ3n) is 3.96. The Morgan fingerprint density at radius 1 is 1.11 bits per heavy atom. The number of amides is 2. The number of esters is 1. The number of rotatable bonds is 8. The zero-order valence-electron chi connectivity index (χ0n) is 16.0. The number of hydrogen-bond donors (Lipinski definition) is 2. The molecular weight excluding hydrogens is 372 g/mol. The Kier molecular flexibility index (Phi) is 7.36. The van der Waals surface area contributed by atoms with Crippen LogP contribution in [0.4, 0.5) is 4.79 Å². The van der Waals surface area contributed by atoms with E-state index in [9.17, 15) is 9.59 Å². The molecule has 7 nitrogen and oxygen atoms in total. The molecule has 1 aliphatic rings. The maximum absolute atomic E-state index is 12.6. The van der Waals surface area contributed by atoms with Crippen molar-refractivity contribution in [3.8, 4) is 11.5 Å². The van der Waals surface area contributed by atoms with E-state index in [1.54, 1.807) is 19.1 Å². The zero-order valence-corrected chi connectivity index (χ0v) is 16.7. The summed E-state index contributed by atoms with van der Waals surface area (Å²) in [5, 5.41) is 5.79. The molecule has 2 N–H and O–H groups in total. The van der Waals surface area contributed by atoms with E-state index in [4.69, 9.17) is 25.8 Å². The van der Waals surface area contributed by atoms with Gasteiger partial charge < -0.3 is 24.8 Å². The molecule has 0 spiro atoms. The highest BCUT2D eigenvalue weighted by molar-refractivity contribution is 6.32. The lowest BCUT2D eigenvalue weighted by atomic mass is 9.94. The highest BCUT2D eigenvalue weighted by atomic mass is 35.5. The molecule has 27 heavy (non-hydrogen) atoms. The van der Waals surface area contributed by atoms with Gasteiger partial charge in [0.25, 0.3) is 0 Å². The molecule has 2 amide bonds. The molecule has 2 rings (SSSR count). The lowest BCUT2D eigenvalue weighted by Gasteiger charge is -2.29. The van der Waals surface area contributed by atoms with Gasteiger partial charge in [0.1, 0.15) is 0 Å². The summed E-state index contributed by atoms with van der Waals surface area (Å²) in [5.41, 5.74) is 1.47. The first kappa shape index (κ1) is 20.9. The van der Waals surface area contributed by atoms with Gasteiger partial charge >= 0.3 is 12.0 Å². The van der Waals surface area contributed by atoms with Gasteiger partial charge in [0.05, 0.1) is 36.5 Å². The Morgan fingerprint density at radius 2 is 1.81 bits per heavy atom. The first-order chi connectivity index (χ1) is 13.0. The van der Waals surface area contributed by atoms with Crippen molar-refractivity contribution in [2.75, 3.05) is 19.8 Å². The molecule has 0 aromatic heterocycles. The van der Waals surface area contributed by atoms with Crippen molar-refractivity contribution in [1.82, 2.24) is 10.6 Å². The van der Waals surface area contributed by atoms with E-state index in [1.807, 2.05) is 20.8 Å². The lowest BCUT2D eigenvalue weighted by Crippen LogP contribution is -2.45. The fourth-order valence-corrected chi connectivity index (χ4v) is 3.17. The smallest absolute Gasteiger partial charge is 0.338 e. The van der Waals surface area contributed by atoms with E-state index >= 15 is 0 Å². The van der Waals surface area contributed by atoms with E-state index in [1.165, 1.54) is 0 Å². The molecule has 148 valence electrons. The third kappa shape index (κ3) is 4.66. The van der Waals surface area contributed by atoms with Gasteiger partial charge in [-0.3, -0.25) is 0 Å². The van der Waals surface area contributed by atoms with Gasteiger partial charge in [-0.1, -0.05) is 18.5 Å². The van der Waals surface area contributed by atoms with Gasteiger partial charge in [0.2, 0.25) is 0 Å². The summed E-state index contributed by atoms with van der Waals surface area (Å²) in [5.74, 6) is 0.396. The molecule has 1 atom stereocenters. The number of halogens is 1. The monoisotopic (exact) mass is 396 g/mol. The van der Waals surface area contributed by atoms with Gasteiger partial charge in [-0.2, -0.15) is 0 Å². The topological polar surface area (TPSA) is 85.9 Å². The summed E-state index contributed by atoms with van der Waals surface area (Å²) < 4.78 is 16.4. The van der Waals surface area contributed by atoms with Crippen LogP contribution in [0.15, 0.2) is 23.4 Å². The van der Waals surface area contributed by atoms with Crippen LogP contribution < -0.4 is 20.1 Å². The standard InChI is InChI=1S/C19H25ClN2O5/c1-5-13-15(18(23)27-8-4)16(22-19(24)21-13)11-9-12(20)17(26-7-3)14(10-11)25-6-2/h9-10,16H,5-8H2,1-4H3,(H2,21,22,24). The quantitative estimate of drug-likeness (QED) is 0.654. The predicted octanol–water partition coefficient (Wildman–Crippen LogP) is 3.72. The van der Waals surface area contributed by atoms with Crippen molar-refractivity contribution in [3.05, 3.63) is 34.0 Å². The maximum Gasteiger partial charge on any atom is 0.338 e. The summed E-state index contributed by atoms with van der Waals surface area (Å²) in [6.45, 7) is 8.36. The van der Waals surface area contributed by atoms with Crippen LogP contribution in [0.25, 0.3) is 0 Å². The van der Waals surface area contributed by atoms with Gasteiger partial charge in [-0.05, 0) is 44.9 Å². The summed E-state index contributed by atoms with van der Waals surface area (Å²) in [6, 6.07) is 2.29. The minimum absolute atomic E-state index is 0.230. The first-order valence-electron chi connectivity index (χ1n) is 9.03. The van der Waals surface area contributed by atoms with Gasteiger partial charge in [0, 0.05) is 5.70 Å². The van der Waals surface area contributed by atoms with Crippen molar-refractivity contribution in [3.63, 3.8) is 0 Å². The highest BCUT2D eigenvalue weighted by Gasteiger charge is 2.34. The molecule has 1 aromatic rings. The summed E-state index contributed by atoms with van der Waals surface area (Å²) in [6.07, 6.45) is 0.473. The highest BCUT2D eigenvalue weighted by Crippen LogP contribution is 2.40. The largest absolute Gasteiger partial charge is 0.490 e. The van der Waals surface area contributed by atoms with E-state index in [2.05, 4.69) is 10.6 Å². The molecular formula is C19H25ClN2O5. The molecule has 8 heteroatoms. The van der Waals surface area contributed by atoms with Gasteiger partial charge in [0.15, 0.2) is 11.5 Å². The van der Waals surface area contributed by atoms with Crippen molar-refractivity contribution in [1.29, 1.82) is 0 Å².